The van der Waals surface area contributed by atoms with Crippen LogP contribution in [0.3, 0.4) is 0 Å². The van der Waals surface area contributed by atoms with Gasteiger partial charge < -0.3 is 0 Å². The van der Waals surface area contributed by atoms with Gasteiger partial charge in [0.15, 0.2) is 0 Å². The van der Waals surface area contributed by atoms with Gasteiger partial charge in [-0.25, -0.2) is 0 Å². The topological polar surface area (TPSA) is 0 Å². The normalized spacial score (nSPS) is 12.7. The Morgan fingerprint density at radius 3 is 2.29 bits per heavy atom. The molecule has 1 rings (SSSR count). The second-order valence-corrected chi connectivity index (χ2v) is 3.33. The van der Waals surface area contributed by atoms with Crippen molar-refractivity contribution in [1.29, 1.82) is 0 Å². The van der Waals surface area contributed by atoms with Crippen LogP contribution in [0.4, 0.5) is 0 Å². The molecule has 0 spiro atoms. The first kappa shape index (κ1) is 10.5. The Balaban J connectivity index is 2.86. The van der Waals surface area contributed by atoms with Crippen molar-refractivity contribution in [2.75, 3.05) is 0 Å². The molecule has 0 saturated heterocycles. The molecule has 14 heavy (non-hydrogen) atoms. The lowest BCUT2D eigenvalue weighted by atomic mass is 10.1. The Morgan fingerprint density at radius 1 is 1.07 bits per heavy atom. The molecule has 0 aromatic heterocycles. The number of hydrogen-bond acceptors (Lipinski definition) is 0. The Hall–Kier alpha value is -1.56. The van der Waals surface area contributed by atoms with E-state index < -0.39 is 0 Å². The molecule has 0 amide bonds. The maximum Gasteiger partial charge on any atom is -0.0227 e. The van der Waals surface area contributed by atoms with Crippen molar-refractivity contribution in [1.82, 2.24) is 0 Å². The Labute approximate surface area is 86.3 Å². The van der Waals surface area contributed by atoms with Crippen molar-refractivity contribution in [2.24, 2.45) is 0 Å². The fraction of sp³-hybridized carbons (Fsp3) is 0.143. The number of rotatable bonds is 3. The lowest BCUT2D eigenvalue weighted by molar-refractivity contribution is 1.52. The summed E-state index contributed by atoms with van der Waals surface area (Å²) in [6.45, 7) is 7.87. The first-order chi connectivity index (χ1) is 6.74. The maximum atomic E-state index is 3.71. The fourth-order valence-corrected chi connectivity index (χ4v) is 1.12. The van der Waals surface area contributed by atoms with Crippen LogP contribution in [-0.2, 0) is 0 Å². The Bertz CT molecular complexity index is 353. The molecule has 0 N–H and O–H groups in total. The van der Waals surface area contributed by atoms with Gasteiger partial charge in [-0.05, 0) is 25.0 Å². The molecule has 0 bridgehead atoms. The van der Waals surface area contributed by atoms with Crippen LogP contribution in [-0.4, -0.2) is 0 Å². The van der Waals surface area contributed by atoms with Crippen LogP contribution >= 0.6 is 0 Å². The smallest absolute Gasteiger partial charge is 0.0227 e. The van der Waals surface area contributed by atoms with Crippen LogP contribution in [0.1, 0.15) is 19.4 Å². The zero-order chi connectivity index (χ0) is 10.4. The molecule has 1 aromatic carbocycles. The average molecular weight is 184 g/mol. The molecule has 0 radical (unpaired) electrons. The van der Waals surface area contributed by atoms with Crippen LogP contribution in [0.2, 0.25) is 0 Å². The number of allylic oxidation sites excluding steroid dienone is 5. The van der Waals surface area contributed by atoms with Crippen molar-refractivity contribution in [3.8, 4) is 0 Å². The molecule has 0 fully saturated rings. The zero-order valence-corrected chi connectivity index (χ0v) is 8.83. The predicted octanol–water partition coefficient (Wildman–Crippen LogP) is 4.22. The molecule has 0 aliphatic rings. The lowest BCUT2D eigenvalue weighted by Gasteiger charge is -1.98. The maximum absolute atomic E-state index is 3.71. The van der Waals surface area contributed by atoms with E-state index in [0.29, 0.717) is 0 Å². The molecule has 0 saturated carbocycles. The van der Waals surface area contributed by atoms with Crippen LogP contribution in [0, 0.1) is 0 Å². The molecule has 0 heteroatoms. The van der Waals surface area contributed by atoms with Gasteiger partial charge in [-0.3, -0.25) is 0 Å². The minimum absolute atomic E-state index is 1.18. The highest BCUT2D eigenvalue weighted by atomic mass is 14.0. The van der Waals surface area contributed by atoms with Crippen molar-refractivity contribution < 1.29 is 0 Å². The third-order valence-electron chi connectivity index (χ3n) is 2.15. The van der Waals surface area contributed by atoms with E-state index in [1.54, 1.807) is 0 Å². The molecule has 72 valence electrons. The summed E-state index contributed by atoms with van der Waals surface area (Å²) in [5.74, 6) is 0. The van der Waals surface area contributed by atoms with Gasteiger partial charge in [0.1, 0.15) is 0 Å². The van der Waals surface area contributed by atoms with Gasteiger partial charge in [-0.15, -0.1) is 0 Å². The molecular weight excluding hydrogens is 168 g/mol. The Morgan fingerprint density at radius 2 is 1.71 bits per heavy atom. The molecule has 0 unspecified atom stereocenters. The van der Waals surface area contributed by atoms with Crippen molar-refractivity contribution in [3.05, 3.63) is 66.3 Å². The monoisotopic (exact) mass is 184 g/mol. The molecule has 1 aromatic rings. The highest BCUT2D eigenvalue weighted by Gasteiger charge is 1.90. The third-order valence-corrected chi connectivity index (χ3v) is 2.15. The van der Waals surface area contributed by atoms with E-state index in [-0.39, 0.29) is 0 Å². The average Bonchev–Trinajstić information content (AvgIpc) is 2.26. The van der Waals surface area contributed by atoms with Crippen LogP contribution in [0.25, 0.3) is 5.57 Å². The first-order valence-electron chi connectivity index (χ1n) is 4.77. The SMILES string of the molecule is C=C/C(C)=C\C=C(/C)c1ccccc1. The van der Waals surface area contributed by atoms with Gasteiger partial charge in [-0.2, -0.15) is 0 Å². The summed E-state index contributed by atoms with van der Waals surface area (Å²) < 4.78 is 0. The van der Waals surface area contributed by atoms with Gasteiger partial charge in [0.25, 0.3) is 0 Å². The van der Waals surface area contributed by atoms with Crippen molar-refractivity contribution >= 4 is 5.57 Å². The third kappa shape index (κ3) is 3.06. The summed E-state index contributed by atoms with van der Waals surface area (Å²) in [6.07, 6.45) is 6.05. The highest BCUT2D eigenvalue weighted by Crippen LogP contribution is 2.13. The van der Waals surface area contributed by atoms with E-state index in [1.165, 1.54) is 16.7 Å². The van der Waals surface area contributed by atoms with E-state index in [9.17, 15) is 0 Å². The summed E-state index contributed by atoms with van der Waals surface area (Å²) in [7, 11) is 0. The Kier molecular flexibility index (Phi) is 3.93. The van der Waals surface area contributed by atoms with Gasteiger partial charge in [-0.1, -0.05) is 60.7 Å². The second kappa shape index (κ2) is 5.23. The summed E-state index contributed by atoms with van der Waals surface area (Å²) >= 11 is 0. The van der Waals surface area contributed by atoms with Gasteiger partial charge >= 0.3 is 0 Å². The summed E-state index contributed by atoms with van der Waals surface area (Å²) in [5, 5.41) is 0. The van der Waals surface area contributed by atoms with Crippen LogP contribution in [0.5, 0.6) is 0 Å². The lowest BCUT2D eigenvalue weighted by Crippen LogP contribution is -1.76. The first-order valence-corrected chi connectivity index (χ1v) is 4.77. The van der Waals surface area contributed by atoms with Gasteiger partial charge in [0.2, 0.25) is 0 Å². The van der Waals surface area contributed by atoms with E-state index in [2.05, 4.69) is 49.9 Å². The molecule has 0 atom stereocenters. The largest absolute Gasteiger partial charge is 0.0988 e. The van der Waals surface area contributed by atoms with Crippen LogP contribution in [0.15, 0.2) is 60.7 Å². The fourth-order valence-electron chi connectivity index (χ4n) is 1.12. The molecule has 0 heterocycles. The van der Waals surface area contributed by atoms with Crippen molar-refractivity contribution in [2.45, 2.75) is 13.8 Å². The minimum Gasteiger partial charge on any atom is -0.0988 e. The number of hydrogen-bond donors (Lipinski definition) is 0. The quantitative estimate of drug-likeness (QED) is 0.617. The summed E-state index contributed by atoms with van der Waals surface area (Å²) in [4.78, 5) is 0. The predicted molar refractivity (Wildman–Crippen MR) is 64.0 cm³/mol. The number of benzene rings is 1. The van der Waals surface area contributed by atoms with E-state index in [0.717, 1.165) is 0 Å². The summed E-state index contributed by atoms with van der Waals surface area (Å²) in [5.41, 5.74) is 3.72. The molecule has 0 aliphatic heterocycles. The minimum atomic E-state index is 1.18. The summed E-state index contributed by atoms with van der Waals surface area (Å²) in [6, 6.07) is 10.4. The molecular formula is C14H16. The zero-order valence-electron chi connectivity index (χ0n) is 8.83. The standard InChI is InChI=1S/C14H16/c1-4-12(2)10-11-13(3)14-8-6-5-7-9-14/h4-11H,1H2,2-3H3/b12-10-,13-11+. The van der Waals surface area contributed by atoms with Crippen molar-refractivity contribution in [3.63, 3.8) is 0 Å². The van der Waals surface area contributed by atoms with Gasteiger partial charge in [0, 0.05) is 0 Å². The van der Waals surface area contributed by atoms with Gasteiger partial charge in [0.05, 0.1) is 0 Å². The van der Waals surface area contributed by atoms with E-state index >= 15 is 0 Å². The van der Waals surface area contributed by atoms with Crippen LogP contribution < -0.4 is 0 Å². The molecule has 0 nitrogen and oxygen atoms in total. The van der Waals surface area contributed by atoms with E-state index in [4.69, 9.17) is 0 Å². The molecule has 0 aliphatic carbocycles. The second-order valence-electron chi connectivity index (χ2n) is 3.33. The van der Waals surface area contributed by atoms with E-state index in [1.807, 2.05) is 19.1 Å². The highest BCUT2D eigenvalue weighted by molar-refractivity contribution is 5.65.